The molecule has 3 N–H and O–H groups in total. The highest BCUT2D eigenvalue weighted by molar-refractivity contribution is 7.16. The zero-order valence-electron chi connectivity index (χ0n) is 10.2. The van der Waals surface area contributed by atoms with Crippen molar-refractivity contribution in [1.29, 1.82) is 0 Å². The predicted molar refractivity (Wildman–Crippen MR) is 78.6 cm³/mol. The molecule has 0 radical (unpaired) electrons. The van der Waals surface area contributed by atoms with Crippen LogP contribution in [0.2, 0.25) is 5.02 Å². The number of anilines is 1. The molecule has 1 amide bonds. The molecule has 1 unspecified atom stereocenters. The fraction of sp³-hybridized carbons (Fsp3) is 0.385. The van der Waals surface area contributed by atoms with Gasteiger partial charge in [0.1, 0.15) is 5.52 Å². The van der Waals surface area contributed by atoms with Crippen LogP contribution in [0, 0.1) is 5.92 Å². The highest BCUT2D eigenvalue weighted by Gasteiger charge is 2.30. The Balaban J connectivity index is 1.78. The largest absolute Gasteiger partial charge is 0.327 e. The first-order chi connectivity index (χ1) is 9.15. The van der Waals surface area contributed by atoms with Crippen LogP contribution < -0.4 is 11.1 Å². The Morgan fingerprint density at radius 1 is 1.58 bits per heavy atom. The van der Waals surface area contributed by atoms with E-state index in [0.29, 0.717) is 23.0 Å². The Labute approximate surface area is 120 Å². The summed E-state index contributed by atoms with van der Waals surface area (Å²) in [6.45, 7) is 0. The molecule has 0 spiro atoms. The smallest absolute Gasteiger partial charge is 0.226 e. The number of hydrogen-bond donors (Lipinski definition) is 2. The molecule has 6 heteroatoms. The van der Waals surface area contributed by atoms with E-state index in [4.69, 9.17) is 17.3 Å². The summed E-state index contributed by atoms with van der Waals surface area (Å²) in [7, 11) is 0. The minimum atomic E-state index is -0.0956. The SMILES string of the molecule is NC(CC(=O)Nc1c(Cl)ccc2scnc12)C1CC1. The number of aromatic nitrogens is 1. The second-order valence-electron chi connectivity index (χ2n) is 4.88. The summed E-state index contributed by atoms with van der Waals surface area (Å²) in [4.78, 5) is 16.2. The van der Waals surface area contributed by atoms with Crippen LogP contribution in [0.25, 0.3) is 10.2 Å². The van der Waals surface area contributed by atoms with Gasteiger partial charge in [0, 0.05) is 12.5 Å². The Morgan fingerprint density at radius 2 is 2.37 bits per heavy atom. The maximum absolute atomic E-state index is 12.0. The van der Waals surface area contributed by atoms with Crippen molar-refractivity contribution in [2.45, 2.75) is 25.3 Å². The number of carbonyl (C=O) groups excluding carboxylic acids is 1. The Kier molecular flexibility index (Phi) is 3.43. The second-order valence-corrected chi connectivity index (χ2v) is 6.17. The first-order valence-corrected chi connectivity index (χ1v) is 7.48. The van der Waals surface area contributed by atoms with E-state index in [1.165, 1.54) is 11.3 Å². The molecule has 4 nitrogen and oxygen atoms in total. The van der Waals surface area contributed by atoms with Crippen LogP contribution in [0.15, 0.2) is 17.6 Å². The number of benzene rings is 1. The molecule has 1 saturated carbocycles. The van der Waals surface area contributed by atoms with Crippen LogP contribution in [0.3, 0.4) is 0 Å². The van der Waals surface area contributed by atoms with Crippen LogP contribution in [-0.2, 0) is 4.79 Å². The van der Waals surface area contributed by atoms with Gasteiger partial charge in [0.25, 0.3) is 0 Å². The second kappa shape index (κ2) is 5.07. The van der Waals surface area contributed by atoms with Gasteiger partial charge < -0.3 is 11.1 Å². The Hall–Kier alpha value is -1.17. The van der Waals surface area contributed by atoms with Crippen molar-refractivity contribution in [3.8, 4) is 0 Å². The lowest BCUT2D eigenvalue weighted by atomic mass is 10.1. The van der Waals surface area contributed by atoms with Crippen molar-refractivity contribution < 1.29 is 4.79 Å². The minimum Gasteiger partial charge on any atom is -0.327 e. The minimum absolute atomic E-state index is 0.0478. The van der Waals surface area contributed by atoms with E-state index in [9.17, 15) is 4.79 Å². The van der Waals surface area contributed by atoms with E-state index < -0.39 is 0 Å². The number of nitrogens with zero attached hydrogens (tertiary/aromatic N) is 1. The molecular formula is C13H14ClN3OS. The van der Waals surface area contributed by atoms with Crippen molar-refractivity contribution in [2.75, 3.05) is 5.32 Å². The number of thiazole rings is 1. The number of fused-ring (bicyclic) bond motifs is 1. The molecule has 1 aromatic carbocycles. The van der Waals surface area contributed by atoms with E-state index >= 15 is 0 Å². The van der Waals surface area contributed by atoms with Gasteiger partial charge in [-0.3, -0.25) is 4.79 Å². The fourth-order valence-electron chi connectivity index (χ4n) is 2.12. The lowest BCUT2D eigenvalue weighted by molar-refractivity contribution is -0.116. The van der Waals surface area contributed by atoms with E-state index in [1.54, 1.807) is 11.6 Å². The number of carbonyl (C=O) groups is 1. The molecule has 19 heavy (non-hydrogen) atoms. The van der Waals surface area contributed by atoms with Crippen LogP contribution in [0.1, 0.15) is 19.3 Å². The Morgan fingerprint density at radius 3 is 3.11 bits per heavy atom. The molecule has 1 fully saturated rings. The standard InChI is InChI=1S/C13H14ClN3OS/c14-8-3-4-10-13(16-6-19-10)12(8)17-11(18)5-9(15)7-1-2-7/h3-4,6-7,9H,1-2,5,15H2,(H,17,18). The summed E-state index contributed by atoms with van der Waals surface area (Å²) in [5.41, 5.74) is 9.03. The third-order valence-corrected chi connectivity index (χ3v) is 4.47. The molecule has 3 rings (SSSR count). The number of halogens is 1. The first kappa shape index (κ1) is 12.8. The topological polar surface area (TPSA) is 68.0 Å². The third-order valence-electron chi connectivity index (χ3n) is 3.36. The van der Waals surface area contributed by atoms with Gasteiger partial charge in [-0.25, -0.2) is 4.98 Å². The average Bonchev–Trinajstić information content (AvgIpc) is 3.12. The lowest BCUT2D eigenvalue weighted by Crippen LogP contribution is -2.29. The van der Waals surface area contributed by atoms with Crippen molar-refractivity contribution in [1.82, 2.24) is 4.98 Å². The summed E-state index contributed by atoms with van der Waals surface area (Å²) in [5.74, 6) is 0.415. The van der Waals surface area contributed by atoms with Crippen molar-refractivity contribution in [2.24, 2.45) is 11.7 Å². The summed E-state index contributed by atoms with van der Waals surface area (Å²) < 4.78 is 1.01. The van der Waals surface area contributed by atoms with Crippen molar-refractivity contribution >= 4 is 44.7 Å². The van der Waals surface area contributed by atoms with Crippen molar-refractivity contribution in [3.63, 3.8) is 0 Å². The quantitative estimate of drug-likeness (QED) is 0.911. The van der Waals surface area contributed by atoms with Gasteiger partial charge in [-0.1, -0.05) is 11.6 Å². The molecule has 0 aliphatic heterocycles. The number of amides is 1. The molecule has 1 heterocycles. The summed E-state index contributed by atoms with van der Waals surface area (Å²) in [5, 5.41) is 3.35. The van der Waals surface area contributed by atoms with Gasteiger partial charge in [-0.05, 0) is 30.9 Å². The van der Waals surface area contributed by atoms with E-state index in [1.807, 2.05) is 6.07 Å². The van der Waals surface area contributed by atoms with E-state index in [2.05, 4.69) is 10.3 Å². The summed E-state index contributed by atoms with van der Waals surface area (Å²) >= 11 is 7.65. The van der Waals surface area contributed by atoms with Crippen LogP contribution in [0.5, 0.6) is 0 Å². The van der Waals surface area contributed by atoms with Gasteiger partial charge in [-0.15, -0.1) is 11.3 Å². The van der Waals surface area contributed by atoms with Crippen LogP contribution in [0.4, 0.5) is 5.69 Å². The lowest BCUT2D eigenvalue weighted by Gasteiger charge is -2.11. The number of nitrogens with two attached hydrogens (primary N) is 1. The average molecular weight is 296 g/mol. The number of hydrogen-bond acceptors (Lipinski definition) is 4. The maximum atomic E-state index is 12.0. The molecule has 100 valence electrons. The molecular weight excluding hydrogens is 282 g/mol. The number of nitrogens with one attached hydrogen (secondary N) is 1. The molecule has 0 saturated heterocycles. The van der Waals surface area contributed by atoms with Crippen LogP contribution >= 0.6 is 22.9 Å². The molecule has 0 bridgehead atoms. The molecule has 2 aromatic rings. The zero-order valence-corrected chi connectivity index (χ0v) is 11.8. The monoisotopic (exact) mass is 295 g/mol. The van der Waals surface area contributed by atoms with Crippen LogP contribution in [-0.4, -0.2) is 16.9 Å². The Bertz CT molecular complexity index is 623. The summed E-state index contributed by atoms with van der Waals surface area (Å²) in [6.07, 6.45) is 2.61. The summed E-state index contributed by atoms with van der Waals surface area (Å²) in [6, 6.07) is 3.63. The molecule has 1 aliphatic rings. The molecule has 1 atom stereocenters. The van der Waals surface area contributed by atoms with Gasteiger partial charge in [0.05, 0.1) is 20.9 Å². The predicted octanol–water partition coefficient (Wildman–Crippen LogP) is 3.02. The third kappa shape index (κ3) is 2.73. The fourth-order valence-corrected chi connectivity index (χ4v) is 3.01. The first-order valence-electron chi connectivity index (χ1n) is 6.22. The number of rotatable bonds is 4. The van der Waals surface area contributed by atoms with Gasteiger partial charge in [0.15, 0.2) is 0 Å². The van der Waals surface area contributed by atoms with Crippen molar-refractivity contribution in [3.05, 3.63) is 22.7 Å². The van der Waals surface area contributed by atoms with Gasteiger partial charge in [0.2, 0.25) is 5.91 Å². The highest BCUT2D eigenvalue weighted by Crippen LogP contribution is 2.34. The highest BCUT2D eigenvalue weighted by atomic mass is 35.5. The maximum Gasteiger partial charge on any atom is 0.226 e. The molecule has 1 aliphatic carbocycles. The van der Waals surface area contributed by atoms with Gasteiger partial charge in [-0.2, -0.15) is 0 Å². The van der Waals surface area contributed by atoms with E-state index in [-0.39, 0.29) is 11.9 Å². The molecule has 1 aromatic heterocycles. The van der Waals surface area contributed by atoms with E-state index in [0.717, 1.165) is 23.1 Å². The van der Waals surface area contributed by atoms with Gasteiger partial charge >= 0.3 is 0 Å². The normalized spacial score (nSPS) is 16.5. The zero-order chi connectivity index (χ0) is 13.4.